The molecule has 0 bridgehead atoms. The van der Waals surface area contributed by atoms with Crippen LogP contribution in [0.15, 0.2) is 41.0 Å². The predicted octanol–water partition coefficient (Wildman–Crippen LogP) is 3.66. The van der Waals surface area contributed by atoms with Crippen molar-refractivity contribution >= 4 is 23.4 Å². The van der Waals surface area contributed by atoms with Gasteiger partial charge in [0.1, 0.15) is 5.76 Å². The van der Waals surface area contributed by atoms with Crippen molar-refractivity contribution in [2.75, 3.05) is 12.1 Å². The standard InChI is InChI=1S/C16H17NO4S/c1-2-15(22-9-12-4-3-7-19-12)16(18)17-11-5-6-13-14(8-11)21-10-20-13/h3-8,15H,2,9-10H2,1H3,(H,17,18). The molecule has 1 amide bonds. The highest BCUT2D eigenvalue weighted by atomic mass is 32.2. The molecule has 3 rings (SSSR count). The van der Waals surface area contributed by atoms with Crippen LogP contribution in [0.2, 0.25) is 0 Å². The van der Waals surface area contributed by atoms with Crippen molar-refractivity contribution in [2.45, 2.75) is 24.3 Å². The summed E-state index contributed by atoms with van der Waals surface area (Å²) in [6, 6.07) is 9.16. The number of furan rings is 1. The molecule has 0 aliphatic carbocycles. The first-order valence-electron chi connectivity index (χ1n) is 7.10. The van der Waals surface area contributed by atoms with E-state index >= 15 is 0 Å². The second-order valence-electron chi connectivity index (χ2n) is 4.84. The van der Waals surface area contributed by atoms with Crippen LogP contribution in [0.4, 0.5) is 5.69 Å². The lowest BCUT2D eigenvalue weighted by atomic mass is 10.2. The molecular weight excluding hydrogens is 302 g/mol. The Kier molecular flexibility index (Phi) is 4.58. The summed E-state index contributed by atoms with van der Waals surface area (Å²) in [5, 5.41) is 2.80. The van der Waals surface area contributed by atoms with Crippen LogP contribution in [0.25, 0.3) is 0 Å². The van der Waals surface area contributed by atoms with Gasteiger partial charge in [-0.3, -0.25) is 4.79 Å². The van der Waals surface area contributed by atoms with Gasteiger partial charge >= 0.3 is 0 Å². The number of fused-ring (bicyclic) bond motifs is 1. The molecule has 116 valence electrons. The molecule has 0 saturated heterocycles. The second kappa shape index (κ2) is 6.79. The fourth-order valence-electron chi connectivity index (χ4n) is 2.15. The van der Waals surface area contributed by atoms with E-state index in [9.17, 15) is 4.79 Å². The summed E-state index contributed by atoms with van der Waals surface area (Å²) < 4.78 is 15.9. The van der Waals surface area contributed by atoms with Crippen molar-refractivity contribution in [3.8, 4) is 11.5 Å². The van der Waals surface area contributed by atoms with Gasteiger partial charge in [0.05, 0.1) is 17.3 Å². The van der Waals surface area contributed by atoms with Gasteiger partial charge in [-0.2, -0.15) is 0 Å². The van der Waals surface area contributed by atoms with E-state index in [-0.39, 0.29) is 18.0 Å². The maximum Gasteiger partial charge on any atom is 0.237 e. The zero-order chi connectivity index (χ0) is 15.4. The number of ether oxygens (including phenoxy) is 2. The smallest absolute Gasteiger partial charge is 0.237 e. The maximum absolute atomic E-state index is 12.4. The number of amides is 1. The lowest BCUT2D eigenvalue weighted by Crippen LogP contribution is -2.24. The van der Waals surface area contributed by atoms with Gasteiger partial charge in [-0.05, 0) is 30.7 Å². The van der Waals surface area contributed by atoms with Crippen LogP contribution < -0.4 is 14.8 Å². The minimum atomic E-state index is -0.129. The van der Waals surface area contributed by atoms with Crippen molar-refractivity contribution in [2.24, 2.45) is 0 Å². The fourth-order valence-corrected chi connectivity index (χ4v) is 3.13. The van der Waals surface area contributed by atoms with E-state index < -0.39 is 0 Å². The van der Waals surface area contributed by atoms with Crippen molar-refractivity contribution in [3.05, 3.63) is 42.4 Å². The number of thioether (sulfide) groups is 1. The first-order valence-corrected chi connectivity index (χ1v) is 8.15. The van der Waals surface area contributed by atoms with Gasteiger partial charge < -0.3 is 19.2 Å². The molecule has 0 radical (unpaired) electrons. The number of hydrogen-bond acceptors (Lipinski definition) is 5. The van der Waals surface area contributed by atoms with Crippen LogP contribution in [0.5, 0.6) is 11.5 Å². The molecule has 0 spiro atoms. The third-order valence-electron chi connectivity index (χ3n) is 3.31. The van der Waals surface area contributed by atoms with Gasteiger partial charge in [0, 0.05) is 11.8 Å². The fraction of sp³-hybridized carbons (Fsp3) is 0.312. The quantitative estimate of drug-likeness (QED) is 0.880. The minimum absolute atomic E-state index is 0.0158. The van der Waals surface area contributed by atoms with Crippen molar-refractivity contribution in [1.29, 1.82) is 0 Å². The van der Waals surface area contributed by atoms with Gasteiger partial charge in [0.25, 0.3) is 0 Å². The molecule has 0 saturated carbocycles. The largest absolute Gasteiger partial charge is 0.468 e. The van der Waals surface area contributed by atoms with E-state index in [0.717, 1.165) is 12.2 Å². The number of carbonyl (C=O) groups is 1. The lowest BCUT2D eigenvalue weighted by molar-refractivity contribution is -0.115. The SMILES string of the molecule is CCC(SCc1ccco1)C(=O)Nc1ccc2c(c1)OCO2. The zero-order valence-electron chi connectivity index (χ0n) is 12.2. The molecule has 22 heavy (non-hydrogen) atoms. The summed E-state index contributed by atoms with van der Waals surface area (Å²) in [5.74, 6) is 2.91. The summed E-state index contributed by atoms with van der Waals surface area (Å²) >= 11 is 1.57. The Bertz CT molecular complexity index is 642. The molecule has 1 unspecified atom stereocenters. The van der Waals surface area contributed by atoms with E-state index in [1.165, 1.54) is 0 Å². The van der Waals surface area contributed by atoms with Crippen LogP contribution in [-0.2, 0) is 10.5 Å². The Labute approximate surface area is 133 Å². The molecule has 2 heterocycles. The van der Waals surface area contributed by atoms with E-state index in [2.05, 4.69) is 5.32 Å². The van der Waals surface area contributed by atoms with Crippen molar-refractivity contribution in [3.63, 3.8) is 0 Å². The predicted molar refractivity (Wildman–Crippen MR) is 85.3 cm³/mol. The molecule has 0 fully saturated rings. The van der Waals surface area contributed by atoms with E-state index in [0.29, 0.717) is 22.9 Å². The van der Waals surface area contributed by atoms with E-state index in [1.807, 2.05) is 25.1 Å². The van der Waals surface area contributed by atoms with Gasteiger partial charge in [0.15, 0.2) is 11.5 Å². The highest BCUT2D eigenvalue weighted by molar-refractivity contribution is 7.99. The average molecular weight is 319 g/mol. The Morgan fingerprint density at radius 2 is 2.18 bits per heavy atom. The molecule has 6 heteroatoms. The highest BCUT2D eigenvalue weighted by Crippen LogP contribution is 2.34. The number of nitrogens with one attached hydrogen (secondary N) is 1. The Balaban J connectivity index is 1.59. The van der Waals surface area contributed by atoms with Crippen LogP contribution in [-0.4, -0.2) is 18.0 Å². The van der Waals surface area contributed by atoms with Crippen LogP contribution in [0, 0.1) is 0 Å². The second-order valence-corrected chi connectivity index (χ2v) is 6.04. The first-order chi connectivity index (χ1) is 10.8. The number of hydrogen-bond donors (Lipinski definition) is 1. The van der Waals surface area contributed by atoms with Gasteiger partial charge in [-0.15, -0.1) is 11.8 Å². The monoisotopic (exact) mass is 319 g/mol. The Hall–Kier alpha value is -2.08. The molecule has 1 aliphatic rings. The zero-order valence-corrected chi connectivity index (χ0v) is 13.0. The Morgan fingerprint density at radius 3 is 2.95 bits per heavy atom. The van der Waals surface area contributed by atoms with Crippen LogP contribution in [0.3, 0.4) is 0 Å². The third-order valence-corrected chi connectivity index (χ3v) is 4.71. The highest BCUT2D eigenvalue weighted by Gasteiger charge is 2.19. The summed E-state index contributed by atoms with van der Waals surface area (Å²) in [6.07, 6.45) is 2.39. The molecule has 1 aromatic carbocycles. The third kappa shape index (κ3) is 3.39. The molecule has 1 N–H and O–H groups in total. The van der Waals surface area contributed by atoms with Crippen LogP contribution >= 0.6 is 11.8 Å². The van der Waals surface area contributed by atoms with E-state index in [4.69, 9.17) is 13.9 Å². The molecule has 1 atom stereocenters. The molecule has 1 aliphatic heterocycles. The molecular formula is C16H17NO4S. The number of carbonyl (C=O) groups excluding carboxylic acids is 1. The number of benzene rings is 1. The number of anilines is 1. The summed E-state index contributed by atoms with van der Waals surface area (Å²) in [7, 11) is 0. The van der Waals surface area contributed by atoms with E-state index in [1.54, 1.807) is 30.2 Å². The average Bonchev–Trinajstić information content (AvgIpc) is 3.18. The van der Waals surface area contributed by atoms with Crippen LogP contribution in [0.1, 0.15) is 19.1 Å². The summed E-state index contributed by atoms with van der Waals surface area (Å²) in [6.45, 7) is 2.22. The summed E-state index contributed by atoms with van der Waals surface area (Å²) in [5.41, 5.74) is 0.714. The van der Waals surface area contributed by atoms with Crippen molar-refractivity contribution < 1.29 is 18.7 Å². The number of rotatable bonds is 6. The molecule has 5 nitrogen and oxygen atoms in total. The van der Waals surface area contributed by atoms with Gasteiger partial charge in [0.2, 0.25) is 12.7 Å². The topological polar surface area (TPSA) is 60.7 Å². The summed E-state index contributed by atoms with van der Waals surface area (Å²) in [4.78, 5) is 12.4. The minimum Gasteiger partial charge on any atom is -0.468 e. The normalized spacial score (nSPS) is 13.9. The molecule has 1 aromatic heterocycles. The lowest BCUT2D eigenvalue weighted by Gasteiger charge is -2.14. The maximum atomic E-state index is 12.4. The molecule has 2 aromatic rings. The van der Waals surface area contributed by atoms with Crippen molar-refractivity contribution in [1.82, 2.24) is 0 Å². The Morgan fingerprint density at radius 1 is 1.32 bits per heavy atom. The van der Waals surface area contributed by atoms with Gasteiger partial charge in [-0.25, -0.2) is 0 Å². The first kappa shape index (κ1) is 14.8. The van der Waals surface area contributed by atoms with Gasteiger partial charge in [-0.1, -0.05) is 6.92 Å².